The number of halogens is 8. The zero-order chi connectivity index (χ0) is 75.9. The topological polar surface area (TPSA) is 183 Å². The highest BCUT2D eigenvalue weighted by Gasteiger charge is 2.20. The Balaban J connectivity index is 0.000000165. The monoisotopic (exact) mass is 1690 g/mol. The van der Waals surface area contributed by atoms with E-state index < -0.39 is 0 Å². The minimum Gasteiger partial charge on any atom is -0.494 e. The number of hydrogen-bond acceptors (Lipinski definition) is 15. The summed E-state index contributed by atoms with van der Waals surface area (Å²) in [6.07, 6.45) is 22.6. The maximum absolute atomic E-state index is 6.20. The molecule has 23 heteroatoms. The maximum atomic E-state index is 6.20. The van der Waals surface area contributed by atoms with Gasteiger partial charge in [0.15, 0.2) is 0 Å². The van der Waals surface area contributed by atoms with E-state index in [1.807, 2.05) is 103 Å². The number of aromatic nitrogens is 8. The molecule has 0 spiro atoms. The summed E-state index contributed by atoms with van der Waals surface area (Å²) in [5.41, 5.74) is 7.54. The SMILES string of the molecule is CC(C)(C)c1ccc(-c2nnc(-c3cc(Cl)ccc3Cl)o2)cc1.CCCCCCCCOc1ccc(-c2nnc(-c3cc(Br)ccc3Br)o2)cc1.CCCCCCCCOc1ccc(-c2nnc(-c3cc(Cl)cc(Cl)c3)o2)cc1.CCCCCCCCOc1ccc(-c2nnc(-c3cc(Cl)ccc3Cl)o2)cc1. The van der Waals surface area contributed by atoms with Crippen LogP contribution in [-0.2, 0) is 5.41 Å². The molecular formula is C84H88Br2Cl6N8O7. The van der Waals surface area contributed by atoms with Crippen molar-refractivity contribution in [1.82, 2.24) is 40.8 Å². The fourth-order valence-corrected chi connectivity index (χ4v) is 12.9. The first-order valence-electron chi connectivity index (χ1n) is 36.3. The van der Waals surface area contributed by atoms with Gasteiger partial charge in [0.25, 0.3) is 0 Å². The first-order chi connectivity index (χ1) is 51.8. The Bertz CT molecular complexity index is 4480. The van der Waals surface area contributed by atoms with Crippen molar-refractivity contribution in [1.29, 1.82) is 0 Å². The zero-order valence-corrected chi connectivity index (χ0v) is 68.7. The van der Waals surface area contributed by atoms with E-state index in [2.05, 4.69) is 126 Å². The number of nitrogens with zero attached hydrogens (tertiary/aromatic N) is 8. The van der Waals surface area contributed by atoms with Crippen molar-refractivity contribution >= 4 is 101 Å². The van der Waals surface area contributed by atoms with E-state index in [1.165, 1.54) is 102 Å². The molecule has 0 N–H and O–H groups in total. The molecule has 0 bridgehead atoms. The van der Waals surface area contributed by atoms with Gasteiger partial charge in [-0.25, -0.2) is 0 Å². The molecule has 0 amide bonds. The molecule has 4 aromatic heterocycles. The van der Waals surface area contributed by atoms with Crippen LogP contribution < -0.4 is 14.2 Å². The van der Waals surface area contributed by atoms with Crippen LogP contribution in [0.25, 0.3) is 91.6 Å². The lowest BCUT2D eigenvalue weighted by Crippen LogP contribution is -2.10. The predicted molar refractivity (Wildman–Crippen MR) is 441 cm³/mol. The van der Waals surface area contributed by atoms with E-state index in [9.17, 15) is 0 Å². The average molecular weight is 1690 g/mol. The Morgan fingerprint density at radius 1 is 0.299 bits per heavy atom. The largest absolute Gasteiger partial charge is 0.494 e. The van der Waals surface area contributed by atoms with Crippen LogP contribution in [0.3, 0.4) is 0 Å². The van der Waals surface area contributed by atoms with Crippen LogP contribution in [0.2, 0.25) is 30.1 Å². The van der Waals surface area contributed by atoms with Crippen molar-refractivity contribution < 1.29 is 31.9 Å². The second kappa shape index (κ2) is 43.6. The van der Waals surface area contributed by atoms with Crippen LogP contribution in [0.15, 0.2) is 196 Å². The van der Waals surface area contributed by atoms with Gasteiger partial charge in [0.2, 0.25) is 47.1 Å². The number of ether oxygens (including phenoxy) is 3. The van der Waals surface area contributed by atoms with Crippen molar-refractivity contribution in [2.45, 2.75) is 163 Å². The zero-order valence-electron chi connectivity index (χ0n) is 61.0. The molecule has 0 saturated heterocycles. The third-order valence-electron chi connectivity index (χ3n) is 16.9. The lowest BCUT2D eigenvalue weighted by molar-refractivity contribution is 0.304. The van der Waals surface area contributed by atoms with Gasteiger partial charge in [0.05, 0.1) is 46.6 Å². The average Bonchev–Trinajstić information content (AvgIpc) is 1.70. The molecule has 12 aromatic rings. The van der Waals surface area contributed by atoms with Gasteiger partial charge in [-0.15, -0.1) is 40.8 Å². The second-order valence-corrected chi connectivity index (χ2v) is 30.8. The molecule has 0 radical (unpaired) electrons. The minimum atomic E-state index is 0.104. The van der Waals surface area contributed by atoms with Crippen molar-refractivity contribution in [2.75, 3.05) is 19.8 Å². The summed E-state index contributed by atoms with van der Waals surface area (Å²) in [4.78, 5) is 0. The van der Waals surface area contributed by atoms with Gasteiger partial charge in [0.1, 0.15) is 17.2 Å². The summed E-state index contributed by atoms with van der Waals surface area (Å²) in [7, 11) is 0. The summed E-state index contributed by atoms with van der Waals surface area (Å²) in [5, 5.41) is 36.2. The van der Waals surface area contributed by atoms with E-state index in [0.29, 0.717) is 94.0 Å². The number of benzene rings is 8. The summed E-state index contributed by atoms with van der Waals surface area (Å²) in [6.45, 7) is 15.5. The van der Waals surface area contributed by atoms with Crippen molar-refractivity contribution in [3.05, 3.63) is 215 Å². The Morgan fingerprint density at radius 3 is 0.963 bits per heavy atom. The first-order valence-corrected chi connectivity index (χ1v) is 40.2. The third kappa shape index (κ3) is 26.9. The molecule has 0 aliphatic rings. The molecule has 0 unspecified atom stereocenters. The fourth-order valence-electron chi connectivity index (χ4n) is 10.9. The van der Waals surface area contributed by atoms with E-state index in [1.54, 1.807) is 54.6 Å². The molecule has 107 heavy (non-hydrogen) atoms. The van der Waals surface area contributed by atoms with Gasteiger partial charge in [-0.3, -0.25) is 0 Å². The molecular weight excluding hydrogens is 1610 g/mol. The van der Waals surface area contributed by atoms with Gasteiger partial charge >= 0.3 is 0 Å². The highest BCUT2D eigenvalue weighted by molar-refractivity contribution is 9.11. The van der Waals surface area contributed by atoms with Crippen LogP contribution in [0.4, 0.5) is 0 Å². The quantitative estimate of drug-likeness (QED) is 0.0363. The summed E-state index contributed by atoms with van der Waals surface area (Å²) in [5.74, 6) is 5.91. The van der Waals surface area contributed by atoms with Crippen LogP contribution in [-0.4, -0.2) is 60.6 Å². The summed E-state index contributed by atoms with van der Waals surface area (Å²) in [6, 6.07) is 52.5. The molecule has 4 heterocycles. The van der Waals surface area contributed by atoms with Gasteiger partial charge in [-0.1, -0.05) is 236 Å². The lowest BCUT2D eigenvalue weighted by Gasteiger charge is -2.18. The normalized spacial score (nSPS) is 11.1. The van der Waals surface area contributed by atoms with Crippen LogP contribution in [0.5, 0.6) is 17.2 Å². The number of unbranched alkanes of at least 4 members (excludes halogenated alkanes) is 15. The molecule has 0 aliphatic heterocycles. The molecule has 8 aromatic carbocycles. The summed E-state index contributed by atoms with van der Waals surface area (Å²) >= 11 is 43.5. The number of hydrogen-bond donors (Lipinski definition) is 0. The van der Waals surface area contributed by atoms with Crippen LogP contribution >= 0.6 is 101 Å². The fraction of sp³-hybridized carbons (Fsp3) is 0.333. The van der Waals surface area contributed by atoms with Crippen molar-refractivity contribution in [3.63, 3.8) is 0 Å². The van der Waals surface area contributed by atoms with E-state index in [4.69, 9.17) is 101 Å². The molecule has 0 aliphatic carbocycles. The lowest BCUT2D eigenvalue weighted by atomic mass is 9.87. The van der Waals surface area contributed by atoms with Crippen molar-refractivity contribution in [3.8, 4) is 109 Å². The molecule has 0 fully saturated rings. The Labute approximate surface area is 674 Å². The molecule has 12 rings (SSSR count). The molecule has 562 valence electrons. The first kappa shape index (κ1) is 83.5. The smallest absolute Gasteiger partial charge is 0.249 e. The minimum absolute atomic E-state index is 0.104. The molecule has 15 nitrogen and oxygen atoms in total. The van der Waals surface area contributed by atoms with Gasteiger partial charge in [-0.2, -0.15) is 0 Å². The Hall–Kier alpha value is -7.58. The van der Waals surface area contributed by atoms with Gasteiger partial charge < -0.3 is 31.9 Å². The van der Waals surface area contributed by atoms with E-state index in [-0.39, 0.29) is 5.41 Å². The predicted octanol–water partition coefficient (Wildman–Crippen LogP) is 28.6. The van der Waals surface area contributed by atoms with E-state index in [0.717, 1.165) is 93.1 Å². The van der Waals surface area contributed by atoms with Crippen molar-refractivity contribution in [2.24, 2.45) is 0 Å². The standard InChI is InChI=1S/C22H24Br2N2O2.2C22H24Cl2N2O2.C18H16Cl2N2O/c2*1-2-3-4-5-6-7-14-27-18-11-8-16(9-12-18)21-25-26-22(28-21)19-15-17(23)10-13-20(19)24;1-2-3-4-5-6-7-12-27-20-10-8-16(9-11-20)21-25-26-22(28-21)17-13-18(23)15-19(24)14-17;1-18(2,3)12-6-4-11(5-7-12)16-21-22-17(23-16)14-10-13(19)8-9-15(14)20/h2*8-13,15H,2-7,14H2,1H3;8-11,13-15H,2-7,12H2,1H3;4-10H,1-3H3. The maximum Gasteiger partial charge on any atom is 0.249 e. The highest BCUT2D eigenvalue weighted by Crippen LogP contribution is 2.37. The van der Waals surface area contributed by atoms with Gasteiger partial charge in [-0.05, 0) is 204 Å². The molecule has 0 atom stereocenters. The Kier molecular flexibility index (Phi) is 34.0. The van der Waals surface area contributed by atoms with Crippen LogP contribution in [0, 0.1) is 0 Å². The van der Waals surface area contributed by atoms with Crippen LogP contribution in [0.1, 0.15) is 163 Å². The number of rotatable bonds is 32. The van der Waals surface area contributed by atoms with Gasteiger partial charge in [0, 0.05) is 56.9 Å². The second-order valence-electron chi connectivity index (χ2n) is 26.4. The summed E-state index contributed by atoms with van der Waals surface area (Å²) < 4.78 is 42.5. The van der Waals surface area contributed by atoms with E-state index >= 15 is 0 Å². The third-order valence-corrected chi connectivity index (χ3v) is 19.6. The highest BCUT2D eigenvalue weighted by atomic mass is 79.9. The Morgan fingerprint density at radius 2 is 0.607 bits per heavy atom. The molecule has 0 saturated carbocycles.